The van der Waals surface area contributed by atoms with Gasteiger partial charge in [-0.15, -0.1) is 0 Å². The summed E-state index contributed by atoms with van der Waals surface area (Å²) in [5.41, 5.74) is 0.848. The van der Waals surface area contributed by atoms with E-state index in [0.717, 1.165) is 11.0 Å². The minimum Gasteiger partial charge on any atom is -0.366 e. The van der Waals surface area contributed by atoms with E-state index in [0.29, 0.717) is 18.7 Å². The number of anilines is 1. The molecule has 0 atom stereocenters. The van der Waals surface area contributed by atoms with Crippen molar-refractivity contribution >= 4 is 5.69 Å². The Balaban J connectivity index is 2.84. The first-order valence-corrected chi connectivity index (χ1v) is 5.60. The summed E-state index contributed by atoms with van der Waals surface area (Å²) in [7, 11) is 1.29. The van der Waals surface area contributed by atoms with Crippen molar-refractivity contribution in [1.82, 2.24) is 5.32 Å². The number of benzene rings is 1. The minimum absolute atomic E-state index is 0.222. The lowest BCUT2D eigenvalue weighted by molar-refractivity contribution is -0.119. The molecule has 0 amide bonds. The number of hydrogen-bond donors (Lipinski definition) is 1. The normalized spacial score (nSPS) is 11.7. The van der Waals surface area contributed by atoms with Gasteiger partial charge < -0.3 is 10.2 Å². The van der Waals surface area contributed by atoms with Crippen LogP contribution in [0.2, 0.25) is 0 Å². The van der Waals surface area contributed by atoms with Crippen molar-refractivity contribution < 1.29 is 17.6 Å². The van der Waals surface area contributed by atoms with Crippen molar-refractivity contribution in [3.8, 4) is 0 Å². The Hall–Kier alpha value is -1.30. The van der Waals surface area contributed by atoms with Crippen LogP contribution in [-0.2, 0) is 6.54 Å². The number of nitrogens with one attached hydrogen (secondary N) is 1. The van der Waals surface area contributed by atoms with Crippen LogP contribution in [-0.4, -0.2) is 26.3 Å². The summed E-state index contributed by atoms with van der Waals surface area (Å²) in [6.07, 6.45) is -4.30. The molecule has 0 spiro atoms. The summed E-state index contributed by atoms with van der Waals surface area (Å²) in [6, 6.07) is 3.96. The highest BCUT2D eigenvalue weighted by Crippen LogP contribution is 2.22. The maximum Gasteiger partial charge on any atom is 0.405 e. The molecule has 0 saturated carbocycles. The van der Waals surface area contributed by atoms with E-state index in [9.17, 15) is 17.6 Å². The molecule has 1 N–H and O–H groups in total. The average molecular weight is 264 g/mol. The number of halogens is 4. The van der Waals surface area contributed by atoms with E-state index in [1.54, 1.807) is 6.07 Å². The van der Waals surface area contributed by atoms with E-state index in [2.05, 4.69) is 5.32 Å². The summed E-state index contributed by atoms with van der Waals surface area (Å²) in [5.74, 6) is -0.533. The second-order valence-corrected chi connectivity index (χ2v) is 4.07. The third-order valence-electron chi connectivity index (χ3n) is 2.38. The zero-order chi connectivity index (χ0) is 13.8. The molecule has 1 aromatic carbocycles. The molecule has 0 aliphatic heterocycles. The van der Waals surface area contributed by atoms with Gasteiger partial charge in [0.15, 0.2) is 0 Å². The van der Waals surface area contributed by atoms with E-state index in [1.165, 1.54) is 13.1 Å². The minimum atomic E-state index is -4.30. The predicted octanol–water partition coefficient (Wildman–Crippen LogP) is 2.93. The summed E-state index contributed by atoms with van der Waals surface area (Å²) in [4.78, 5) is 0.985. The summed E-state index contributed by atoms with van der Waals surface area (Å²) in [5, 5.41) is 3.00. The molecular formula is C12H16F4N2. The maximum atomic E-state index is 13.3. The molecule has 0 aromatic heterocycles. The van der Waals surface area contributed by atoms with Gasteiger partial charge in [-0.05, 0) is 30.3 Å². The molecule has 6 heteroatoms. The van der Waals surface area contributed by atoms with Crippen LogP contribution in [0.4, 0.5) is 23.2 Å². The Morgan fingerprint density at radius 2 is 1.89 bits per heavy atom. The number of rotatable bonds is 5. The molecule has 0 unspecified atom stereocenters. The highest BCUT2D eigenvalue weighted by atomic mass is 19.4. The van der Waals surface area contributed by atoms with E-state index < -0.39 is 18.5 Å². The fraction of sp³-hybridized carbons (Fsp3) is 0.500. The first-order valence-electron chi connectivity index (χ1n) is 5.60. The topological polar surface area (TPSA) is 15.3 Å². The zero-order valence-electron chi connectivity index (χ0n) is 10.3. The van der Waals surface area contributed by atoms with Crippen molar-refractivity contribution in [3.05, 3.63) is 29.6 Å². The Morgan fingerprint density at radius 1 is 1.22 bits per heavy atom. The second kappa shape index (κ2) is 6.04. The lowest BCUT2D eigenvalue weighted by Crippen LogP contribution is -2.31. The molecule has 18 heavy (non-hydrogen) atoms. The maximum absolute atomic E-state index is 13.3. The second-order valence-electron chi connectivity index (χ2n) is 4.07. The van der Waals surface area contributed by atoms with E-state index in [1.807, 2.05) is 6.92 Å². The van der Waals surface area contributed by atoms with Crippen molar-refractivity contribution in [2.75, 3.05) is 25.0 Å². The van der Waals surface area contributed by atoms with Crippen LogP contribution in [0.3, 0.4) is 0 Å². The molecule has 2 nitrogen and oxygen atoms in total. The van der Waals surface area contributed by atoms with E-state index >= 15 is 0 Å². The van der Waals surface area contributed by atoms with E-state index in [-0.39, 0.29) is 5.69 Å². The van der Waals surface area contributed by atoms with Crippen molar-refractivity contribution in [1.29, 1.82) is 0 Å². The van der Waals surface area contributed by atoms with Crippen LogP contribution >= 0.6 is 0 Å². The fourth-order valence-corrected chi connectivity index (χ4v) is 1.59. The molecule has 0 aliphatic rings. The Morgan fingerprint density at radius 3 is 2.44 bits per heavy atom. The van der Waals surface area contributed by atoms with Gasteiger partial charge in [-0.25, -0.2) is 4.39 Å². The third-order valence-corrected chi connectivity index (χ3v) is 2.38. The lowest BCUT2D eigenvalue weighted by Gasteiger charge is -2.21. The number of nitrogens with zero attached hydrogens (tertiary/aromatic N) is 1. The van der Waals surface area contributed by atoms with Gasteiger partial charge in [-0.2, -0.15) is 13.2 Å². The molecule has 0 bridgehead atoms. The van der Waals surface area contributed by atoms with Gasteiger partial charge >= 0.3 is 6.18 Å². The van der Waals surface area contributed by atoms with E-state index in [4.69, 9.17) is 0 Å². The first kappa shape index (κ1) is 14.8. The van der Waals surface area contributed by atoms with Crippen molar-refractivity contribution in [2.45, 2.75) is 19.6 Å². The molecule has 0 heterocycles. The summed E-state index contributed by atoms with van der Waals surface area (Å²) < 4.78 is 50.1. The van der Waals surface area contributed by atoms with Gasteiger partial charge in [0.1, 0.15) is 12.4 Å². The van der Waals surface area contributed by atoms with Crippen LogP contribution in [0, 0.1) is 5.82 Å². The standard InChI is InChI=1S/C12H16F4N2/c1-3-17-7-9-4-10(13)6-11(5-9)18(2)8-12(14,15)16/h4-6,17H,3,7-8H2,1-2H3. The molecule has 0 saturated heterocycles. The molecule has 0 fully saturated rings. The average Bonchev–Trinajstić information content (AvgIpc) is 2.23. The van der Waals surface area contributed by atoms with Crippen LogP contribution in [0.25, 0.3) is 0 Å². The lowest BCUT2D eigenvalue weighted by atomic mass is 10.1. The number of alkyl halides is 3. The van der Waals surface area contributed by atoms with Crippen molar-refractivity contribution in [2.24, 2.45) is 0 Å². The zero-order valence-corrected chi connectivity index (χ0v) is 10.3. The molecular weight excluding hydrogens is 248 g/mol. The smallest absolute Gasteiger partial charge is 0.366 e. The highest BCUT2D eigenvalue weighted by Gasteiger charge is 2.29. The monoisotopic (exact) mass is 264 g/mol. The van der Waals surface area contributed by atoms with Crippen molar-refractivity contribution in [3.63, 3.8) is 0 Å². The molecule has 1 rings (SSSR count). The SMILES string of the molecule is CCNCc1cc(F)cc(N(C)CC(F)(F)F)c1. The first-order chi connectivity index (χ1) is 8.31. The van der Waals surface area contributed by atoms with Gasteiger partial charge in [0, 0.05) is 19.3 Å². The van der Waals surface area contributed by atoms with Gasteiger partial charge in [-0.3, -0.25) is 0 Å². The van der Waals surface area contributed by atoms with Crippen LogP contribution < -0.4 is 10.2 Å². The molecule has 1 aromatic rings. The van der Waals surface area contributed by atoms with Crippen LogP contribution in [0.15, 0.2) is 18.2 Å². The van der Waals surface area contributed by atoms with Gasteiger partial charge in [-0.1, -0.05) is 6.92 Å². The Labute approximate surface area is 104 Å². The highest BCUT2D eigenvalue weighted by molar-refractivity contribution is 5.48. The quantitative estimate of drug-likeness (QED) is 0.823. The molecule has 0 radical (unpaired) electrons. The fourth-order valence-electron chi connectivity index (χ4n) is 1.59. The largest absolute Gasteiger partial charge is 0.405 e. The molecule has 0 aliphatic carbocycles. The van der Waals surface area contributed by atoms with Gasteiger partial charge in [0.2, 0.25) is 0 Å². The van der Waals surface area contributed by atoms with Crippen LogP contribution in [0.5, 0.6) is 0 Å². The summed E-state index contributed by atoms with van der Waals surface area (Å²) >= 11 is 0. The van der Waals surface area contributed by atoms with Gasteiger partial charge in [0.05, 0.1) is 0 Å². The predicted molar refractivity (Wildman–Crippen MR) is 63.1 cm³/mol. The Kier molecular flexibility index (Phi) is 4.95. The van der Waals surface area contributed by atoms with Crippen LogP contribution in [0.1, 0.15) is 12.5 Å². The van der Waals surface area contributed by atoms with Gasteiger partial charge in [0.25, 0.3) is 0 Å². The number of hydrogen-bond acceptors (Lipinski definition) is 2. The molecule has 102 valence electrons. The Bertz CT molecular complexity index is 390. The summed E-state index contributed by atoms with van der Waals surface area (Å²) in [6.45, 7) is 1.94. The third kappa shape index (κ3) is 4.91.